The third-order valence-corrected chi connectivity index (χ3v) is 6.44. The number of amides is 1. The lowest BCUT2D eigenvalue weighted by atomic mass is 9.93. The topological polar surface area (TPSA) is 67.2 Å². The predicted octanol–water partition coefficient (Wildman–Crippen LogP) is 3.76. The van der Waals surface area contributed by atoms with Crippen molar-refractivity contribution in [1.29, 1.82) is 0 Å². The normalized spacial score (nSPS) is 15.2. The Bertz CT molecular complexity index is 1130. The number of carbonyl (C=O) groups excluding carboxylic acids is 1. The second kappa shape index (κ2) is 10.1. The molecule has 1 aromatic carbocycles. The maximum absolute atomic E-state index is 12.9. The second-order valence-corrected chi connectivity index (χ2v) is 8.73. The number of pyridine rings is 2. The van der Waals surface area contributed by atoms with Crippen molar-refractivity contribution in [2.75, 3.05) is 19.6 Å². The van der Waals surface area contributed by atoms with Gasteiger partial charge in [0.15, 0.2) is 0 Å². The number of carbonyl (C=O) groups is 1. The van der Waals surface area contributed by atoms with Crippen molar-refractivity contribution in [1.82, 2.24) is 19.8 Å². The Balaban J connectivity index is 1.31. The first-order valence-electron chi connectivity index (χ1n) is 11.6. The lowest BCUT2D eigenvalue weighted by Gasteiger charge is -2.32. The molecule has 6 heteroatoms. The molecule has 4 rings (SSSR count). The summed E-state index contributed by atoms with van der Waals surface area (Å²) in [6, 6.07) is 14.2. The van der Waals surface area contributed by atoms with Gasteiger partial charge in [-0.25, -0.2) is 4.98 Å². The Labute approximate surface area is 189 Å². The van der Waals surface area contributed by atoms with Crippen molar-refractivity contribution in [2.24, 2.45) is 5.92 Å². The Morgan fingerprint density at radius 1 is 1.12 bits per heavy atom. The molecule has 0 radical (unpaired) electrons. The van der Waals surface area contributed by atoms with Gasteiger partial charge in [-0.3, -0.25) is 14.5 Å². The molecule has 1 amide bonds. The minimum absolute atomic E-state index is 0.197. The Hall–Kier alpha value is -2.99. The molecule has 0 unspecified atom stereocenters. The zero-order valence-corrected chi connectivity index (χ0v) is 19.0. The van der Waals surface area contributed by atoms with Crippen LogP contribution in [0.4, 0.5) is 0 Å². The maximum Gasteiger partial charge on any atom is 0.256 e. The molecule has 0 atom stereocenters. The van der Waals surface area contributed by atoms with Crippen molar-refractivity contribution in [3.05, 3.63) is 75.7 Å². The highest BCUT2D eigenvalue weighted by molar-refractivity contribution is 5.96. The van der Waals surface area contributed by atoms with Crippen molar-refractivity contribution < 1.29 is 4.79 Å². The zero-order valence-electron chi connectivity index (χ0n) is 19.0. The minimum Gasteiger partial charge on any atom is -0.352 e. The lowest BCUT2D eigenvalue weighted by Crippen LogP contribution is -2.35. The summed E-state index contributed by atoms with van der Waals surface area (Å²) in [5, 5.41) is 3.48. The molecule has 168 valence electrons. The van der Waals surface area contributed by atoms with Gasteiger partial charge in [0.25, 0.3) is 5.91 Å². The lowest BCUT2D eigenvalue weighted by molar-refractivity contribution is 0.0946. The van der Waals surface area contributed by atoms with Crippen LogP contribution in [0.3, 0.4) is 0 Å². The molecule has 0 bridgehead atoms. The maximum atomic E-state index is 12.9. The van der Waals surface area contributed by atoms with E-state index >= 15 is 0 Å². The van der Waals surface area contributed by atoms with Crippen LogP contribution in [-0.2, 0) is 13.1 Å². The fraction of sp³-hybridized carbons (Fsp3) is 0.423. The van der Waals surface area contributed by atoms with E-state index in [1.54, 1.807) is 12.3 Å². The molecule has 1 N–H and O–H groups in total. The van der Waals surface area contributed by atoms with Crippen LogP contribution in [0.5, 0.6) is 0 Å². The SMILES string of the molecule is CCn1cc(C(=O)NCCC2CCN(Cc3ccccc3)CC2)c(=O)c2ccc(C)nc21. The number of hydrogen-bond donors (Lipinski definition) is 1. The number of nitrogens with one attached hydrogen (secondary N) is 1. The third kappa shape index (κ3) is 5.07. The Morgan fingerprint density at radius 2 is 1.88 bits per heavy atom. The van der Waals surface area contributed by atoms with E-state index < -0.39 is 0 Å². The standard InChI is InChI=1S/C26H32N4O2/c1-3-30-18-23(24(31)22-10-9-19(2)28-25(22)30)26(32)27-14-11-20-12-15-29(16-13-20)17-21-7-5-4-6-8-21/h4-10,18,20H,3,11-17H2,1-2H3,(H,27,32). The predicted molar refractivity (Wildman–Crippen MR) is 128 cm³/mol. The van der Waals surface area contributed by atoms with Crippen LogP contribution < -0.4 is 10.7 Å². The van der Waals surface area contributed by atoms with Gasteiger partial charge in [-0.1, -0.05) is 30.3 Å². The summed E-state index contributed by atoms with van der Waals surface area (Å²) in [5.41, 5.74) is 2.80. The van der Waals surface area contributed by atoms with E-state index in [1.165, 1.54) is 5.56 Å². The van der Waals surface area contributed by atoms with Gasteiger partial charge in [0.05, 0.1) is 5.39 Å². The van der Waals surface area contributed by atoms with Crippen LogP contribution in [0.25, 0.3) is 11.0 Å². The molecule has 1 aliphatic rings. The molecular formula is C26H32N4O2. The van der Waals surface area contributed by atoms with Crippen LogP contribution in [0.15, 0.2) is 53.5 Å². The number of fused-ring (bicyclic) bond motifs is 1. The summed E-state index contributed by atoms with van der Waals surface area (Å²) in [6.45, 7) is 8.31. The van der Waals surface area contributed by atoms with Gasteiger partial charge in [0, 0.05) is 31.5 Å². The van der Waals surface area contributed by atoms with Gasteiger partial charge in [-0.15, -0.1) is 0 Å². The van der Waals surface area contributed by atoms with Crippen molar-refractivity contribution in [2.45, 2.75) is 46.2 Å². The average Bonchev–Trinajstić information content (AvgIpc) is 2.81. The summed E-state index contributed by atoms with van der Waals surface area (Å²) in [5.74, 6) is 0.319. The van der Waals surface area contributed by atoms with E-state index in [1.807, 2.05) is 24.5 Å². The van der Waals surface area contributed by atoms with Gasteiger partial charge in [-0.05, 0) is 69.8 Å². The molecule has 6 nitrogen and oxygen atoms in total. The van der Waals surface area contributed by atoms with Gasteiger partial charge in [0.1, 0.15) is 11.2 Å². The van der Waals surface area contributed by atoms with Crippen LogP contribution in [-0.4, -0.2) is 40.0 Å². The van der Waals surface area contributed by atoms with E-state index in [0.29, 0.717) is 30.0 Å². The van der Waals surface area contributed by atoms with Gasteiger partial charge >= 0.3 is 0 Å². The first-order valence-corrected chi connectivity index (χ1v) is 11.6. The summed E-state index contributed by atoms with van der Waals surface area (Å²) >= 11 is 0. The smallest absolute Gasteiger partial charge is 0.256 e. The minimum atomic E-state index is -0.291. The third-order valence-electron chi connectivity index (χ3n) is 6.44. The molecule has 1 saturated heterocycles. The highest BCUT2D eigenvalue weighted by atomic mass is 16.2. The van der Waals surface area contributed by atoms with E-state index in [4.69, 9.17) is 0 Å². The molecule has 3 heterocycles. The number of rotatable bonds is 7. The fourth-order valence-electron chi connectivity index (χ4n) is 4.52. The van der Waals surface area contributed by atoms with Crippen LogP contribution >= 0.6 is 0 Å². The number of hydrogen-bond acceptors (Lipinski definition) is 4. The molecule has 0 aliphatic carbocycles. The first kappa shape index (κ1) is 22.2. The summed E-state index contributed by atoms with van der Waals surface area (Å²) in [7, 11) is 0. The quantitative estimate of drug-likeness (QED) is 0.617. The van der Waals surface area contributed by atoms with Crippen molar-refractivity contribution >= 4 is 16.9 Å². The van der Waals surface area contributed by atoms with Gasteiger partial charge in [-0.2, -0.15) is 0 Å². The molecule has 32 heavy (non-hydrogen) atoms. The summed E-state index contributed by atoms with van der Waals surface area (Å²) < 4.78 is 1.88. The largest absolute Gasteiger partial charge is 0.352 e. The fourth-order valence-corrected chi connectivity index (χ4v) is 4.52. The van der Waals surface area contributed by atoms with E-state index in [9.17, 15) is 9.59 Å². The molecule has 3 aromatic rings. The summed E-state index contributed by atoms with van der Waals surface area (Å²) in [6.07, 6.45) is 4.88. The molecular weight excluding hydrogens is 400 g/mol. The van der Waals surface area contributed by atoms with E-state index in [-0.39, 0.29) is 16.9 Å². The average molecular weight is 433 g/mol. The molecule has 2 aromatic heterocycles. The molecule has 1 fully saturated rings. The molecule has 0 spiro atoms. The number of piperidine rings is 1. The van der Waals surface area contributed by atoms with Gasteiger partial charge in [0.2, 0.25) is 5.43 Å². The second-order valence-electron chi connectivity index (χ2n) is 8.73. The number of benzene rings is 1. The Kier molecular flexibility index (Phi) is 7.00. The van der Waals surface area contributed by atoms with Crippen LogP contribution in [0.2, 0.25) is 0 Å². The first-order chi connectivity index (χ1) is 15.5. The number of likely N-dealkylation sites (tertiary alicyclic amines) is 1. The number of aromatic nitrogens is 2. The highest BCUT2D eigenvalue weighted by Gasteiger charge is 2.20. The van der Waals surface area contributed by atoms with Crippen LogP contribution in [0.1, 0.15) is 47.8 Å². The highest BCUT2D eigenvalue weighted by Crippen LogP contribution is 2.21. The van der Waals surface area contributed by atoms with E-state index in [2.05, 4.69) is 45.5 Å². The molecule has 1 aliphatic heterocycles. The Morgan fingerprint density at radius 3 is 2.59 bits per heavy atom. The van der Waals surface area contributed by atoms with Crippen LogP contribution in [0, 0.1) is 12.8 Å². The number of nitrogens with zero attached hydrogens (tertiary/aromatic N) is 3. The van der Waals surface area contributed by atoms with Crippen molar-refractivity contribution in [3.63, 3.8) is 0 Å². The molecule has 0 saturated carbocycles. The zero-order chi connectivity index (χ0) is 22.5. The van der Waals surface area contributed by atoms with Gasteiger partial charge < -0.3 is 9.88 Å². The van der Waals surface area contributed by atoms with Crippen molar-refractivity contribution in [3.8, 4) is 0 Å². The monoisotopic (exact) mass is 432 g/mol. The number of aryl methyl sites for hydroxylation is 2. The summed E-state index contributed by atoms with van der Waals surface area (Å²) in [4.78, 5) is 32.7. The van der Waals surface area contributed by atoms with E-state index in [0.717, 1.165) is 44.6 Å².